The SMILES string of the molecule is CC1(C)C2=C(C=CC(c3c4ccccc4c(-c4ccc5c(c4)C(C)(C)c4ccccc4-5)c4ccccc34)C2)N2c3ccccc3C(C)(C)c3cccc1c32. The summed E-state index contributed by atoms with van der Waals surface area (Å²) in [6, 6.07) is 50.7. The van der Waals surface area contributed by atoms with E-state index in [4.69, 9.17) is 0 Å². The molecule has 0 radical (unpaired) electrons. The number of para-hydroxylation sites is 2. The molecule has 0 saturated carbocycles. The van der Waals surface area contributed by atoms with Gasteiger partial charge in [0.25, 0.3) is 0 Å². The number of hydrogen-bond donors (Lipinski definition) is 0. The van der Waals surface area contributed by atoms with E-state index in [2.05, 4.69) is 192 Å². The van der Waals surface area contributed by atoms with Crippen LogP contribution in [0.3, 0.4) is 0 Å². The predicted molar refractivity (Wildman–Crippen MR) is 228 cm³/mol. The summed E-state index contributed by atoms with van der Waals surface area (Å²) < 4.78 is 0. The van der Waals surface area contributed by atoms with Crippen molar-refractivity contribution in [3.63, 3.8) is 0 Å². The number of allylic oxidation sites excluding steroid dienone is 3. The highest BCUT2D eigenvalue weighted by molar-refractivity contribution is 6.15. The van der Waals surface area contributed by atoms with Crippen LogP contribution in [-0.2, 0) is 16.2 Å². The molecule has 2 aliphatic carbocycles. The lowest BCUT2D eigenvalue weighted by molar-refractivity contribution is 0.544. The minimum atomic E-state index is -0.122. The van der Waals surface area contributed by atoms with Crippen LogP contribution in [0.2, 0.25) is 0 Å². The monoisotopic (exact) mass is 695 g/mol. The Labute approximate surface area is 319 Å². The summed E-state index contributed by atoms with van der Waals surface area (Å²) in [7, 11) is 0. The summed E-state index contributed by atoms with van der Waals surface area (Å²) in [5.41, 5.74) is 19.2. The van der Waals surface area contributed by atoms with Crippen LogP contribution in [0.5, 0.6) is 0 Å². The summed E-state index contributed by atoms with van der Waals surface area (Å²) in [6.07, 6.45) is 5.97. The topological polar surface area (TPSA) is 3.24 Å². The molecule has 11 rings (SSSR count). The number of fused-ring (bicyclic) bond motifs is 8. The molecule has 2 aliphatic heterocycles. The zero-order chi connectivity index (χ0) is 36.7. The first-order chi connectivity index (χ1) is 26.1. The van der Waals surface area contributed by atoms with Crippen molar-refractivity contribution in [3.05, 3.63) is 190 Å². The summed E-state index contributed by atoms with van der Waals surface area (Å²) in [5.74, 6) is 0.238. The van der Waals surface area contributed by atoms with Crippen LogP contribution < -0.4 is 4.90 Å². The predicted octanol–water partition coefficient (Wildman–Crippen LogP) is 14.0. The van der Waals surface area contributed by atoms with Crippen LogP contribution in [0, 0.1) is 0 Å². The molecule has 0 fully saturated rings. The lowest BCUT2D eigenvalue weighted by atomic mass is 9.63. The maximum absolute atomic E-state index is 2.60. The standard InChI is InChI=1S/C53H45N/c1-51(2)40-21-12-11-16-34(40)35-28-26-32(30-44(35)51)48-36-17-7-9-19-38(36)49(39-20-10-8-18-37(39)48)33-27-29-47-45(31-33)53(5,6)43-24-15-23-42-50(43)54(47)46-25-14-13-22-41(46)52(42,3)4/h7-30,33H,31H2,1-6H3. The van der Waals surface area contributed by atoms with Crippen molar-refractivity contribution in [2.24, 2.45) is 0 Å². The van der Waals surface area contributed by atoms with Crippen LogP contribution in [-0.4, -0.2) is 0 Å². The second-order valence-electron chi connectivity index (χ2n) is 17.6. The molecule has 262 valence electrons. The molecule has 2 heterocycles. The van der Waals surface area contributed by atoms with E-state index in [0.29, 0.717) is 0 Å². The molecule has 1 unspecified atom stereocenters. The Morgan fingerprint density at radius 1 is 0.500 bits per heavy atom. The molecule has 7 aromatic carbocycles. The van der Waals surface area contributed by atoms with Crippen molar-refractivity contribution in [2.75, 3.05) is 4.90 Å². The van der Waals surface area contributed by atoms with Crippen LogP contribution in [0.4, 0.5) is 11.4 Å². The molecule has 0 bridgehead atoms. The zero-order valence-electron chi connectivity index (χ0n) is 32.1. The largest absolute Gasteiger partial charge is 0.310 e. The van der Waals surface area contributed by atoms with Gasteiger partial charge in [-0.1, -0.05) is 169 Å². The second kappa shape index (κ2) is 10.7. The van der Waals surface area contributed by atoms with Gasteiger partial charge in [-0.25, -0.2) is 0 Å². The Balaban J connectivity index is 1.10. The lowest BCUT2D eigenvalue weighted by Crippen LogP contribution is -2.41. The third kappa shape index (κ3) is 4.00. The third-order valence-electron chi connectivity index (χ3n) is 13.9. The zero-order valence-corrected chi connectivity index (χ0v) is 32.1. The molecule has 0 amide bonds. The summed E-state index contributed by atoms with van der Waals surface area (Å²) in [4.78, 5) is 2.60. The highest BCUT2D eigenvalue weighted by Gasteiger charge is 2.47. The van der Waals surface area contributed by atoms with E-state index in [9.17, 15) is 0 Å². The maximum atomic E-state index is 2.60. The van der Waals surface area contributed by atoms with Gasteiger partial charge in [0.2, 0.25) is 0 Å². The number of hydrogen-bond acceptors (Lipinski definition) is 1. The first kappa shape index (κ1) is 31.8. The van der Waals surface area contributed by atoms with E-state index in [-0.39, 0.29) is 22.2 Å². The van der Waals surface area contributed by atoms with E-state index < -0.39 is 0 Å². The van der Waals surface area contributed by atoms with Gasteiger partial charge in [0.1, 0.15) is 0 Å². The molecule has 0 N–H and O–H groups in total. The van der Waals surface area contributed by atoms with Crippen molar-refractivity contribution in [1.29, 1.82) is 0 Å². The molecule has 7 aromatic rings. The van der Waals surface area contributed by atoms with Gasteiger partial charge in [-0.3, -0.25) is 0 Å². The van der Waals surface area contributed by atoms with E-state index in [1.54, 1.807) is 0 Å². The molecular weight excluding hydrogens is 651 g/mol. The molecule has 0 saturated heterocycles. The van der Waals surface area contributed by atoms with Crippen LogP contribution in [0.1, 0.15) is 87.3 Å². The highest BCUT2D eigenvalue weighted by atomic mass is 15.2. The second-order valence-corrected chi connectivity index (χ2v) is 17.6. The maximum Gasteiger partial charge on any atom is 0.0543 e. The van der Waals surface area contributed by atoms with Crippen molar-refractivity contribution in [1.82, 2.24) is 0 Å². The molecule has 1 atom stereocenters. The summed E-state index contributed by atoms with van der Waals surface area (Å²) >= 11 is 0. The molecule has 4 aliphatic rings. The van der Waals surface area contributed by atoms with E-state index in [0.717, 1.165) is 6.42 Å². The average molecular weight is 696 g/mol. The number of nitrogens with zero attached hydrogens (tertiary/aromatic N) is 1. The van der Waals surface area contributed by atoms with Gasteiger partial charge >= 0.3 is 0 Å². The van der Waals surface area contributed by atoms with Crippen LogP contribution >= 0.6 is 0 Å². The Morgan fingerprint density at radius 3 is 1.78 bits per heavy atom. The van der Waals surface area contributed by atoms with E-state index in [1.807, 2.05) is 0 Å². The van der Waals surface area contributed by atoms with Gasteiger partial charge in [0.15, 0.2) is 0 Å². The van der Waals surface area contributed by atoms with Gasteiger partial charge in [-0.05, 0) is 107 Å². The van der Waals surface area contributed by atoms with Gasteiger partial charge in [0, 0.05) is 27.9 Å². The Morgan fingerprint density at radius 2 is 1.06 bits per heavy atom. The van der Waals surface area contributed by atoms with Gasteiger partial charge < -0.3 is 4.90 Å². The van der Waals surface area contributed by atoms with Crippen molar-refractivity contribution >= 4 is 32.9 Å². The Bertz CT molecular complexity index is 2780. The number of benzene rings is 7. The quantitative estimate of drug-likeness (QED) is 0.163. The molecule has 54 heavy (non-hydrogen) atoms. The fourth-order valence-electron chi connectivity index (χ4n) is 11.1. The van der Waals surface area contributed by atoms with Crippen molar-refractivity contribution < 1.29 is 0 Å². The minimum Gasteiger partial charge on any atom is -0.310 e. The van der Waals surface area contributed by atoms with E-state index in [1.165, 1.54) is 99.8 Å². The number of anilines is 2. The fraction of sp³-hybridized carbons (Fsp3) is 0.208. The Hall–Kier alpha value is -5.66. The van der Waals surface area contributed by atoms with E-state index >= 15 is 0 Å². The van der Waals surface area contributed by atoms with Crippen LogP contribution in [0.15, 0.2) is 157 Å². The minimum absolute atomic E-state index is 0.0530. The lowest BCUT2D eigenvalue weighted by Gasteiger charge is -2.51. The molecule has 0 aromatic heterocycles. The first-order valence-electron chi connectivity index (χ1n) is 19.7. The third-order valence-corrected chi connectivity index (χ3v) is 13.9. The highest BCUT2D eigenvalue weighted by Crippen LogP contribution is 2.60. The Kier molecular flexibility index (Phi) is 6.32. The molecule has 1 nitrogen and oxygen atoms in total. The number of rotatable bonds is 2. The smallest absolute Gasteiger partial charge is 0.0543 e. The summed E-state index contributed by atoms with van der Waals surface area (Å²) in [6.45, 7) is 14.5. The van der Waals surface area contributed by atoms with Gasteiger partial charge in [0.05, 0.1) is 11.4 Å². The van der Waals surface area contributed by atoms with Gasteiger partial charge in [-0.15, -0.1) is 0 Å². The molecule has 0 spiro atoms. The van der Waals surface area contributed by atoms with Crippen LogP contribution in [0.25, 0.3) is 43.8 Å². The normalized spacial score (nSPS) is 19.3. The first-order valence-corrected chi connectivity index (χ1v) is 19.7. The van der Waals surface area contributed by atoms with Crippen molar-refractivity contribution in [2.45, 2.75) is 70.1 Å². The molecular formula is C53H45N. The molecule has 1 heteroatoms. The average Bonchev–Trinajstić information content (AvgIpc) is 3.42. The van der Waals surface area contributed by atoms with Gasteiger partial charge in [-0.2, -0.15) is 0 Å². The fourth-order valence-corrected chi connectivity index (χ4v) is 11.1. The van der Waals surface area contributed by atoms with Crippen molar-refractivity contribution in [3.8, 4) is 22.3 Å². The summed E-state index contributed by atoms with van der Waals surface area (Å²) in [5, 5.41) is 5.37.